The zero-order valence-corrected chi connectivity index (χ0v) is 10.2. The van der Waals surface area contributed by atoms with Crippen molar-refractivity contribution in [2.45, 2.75) is 0 Å². The van der Waals surface area contributed by atoms with E-state index < -0.39 is 11.6 Å². The SMILES string of the molecule is Nc1cc(-c2nc(-c3ccccc3F)no2)ccc1F. The number of hydrogen-bond acceptors (Lipinski definition) is 4. The molecule has 4 nitrogen and oxygen atoms in total. The van der Waals surface area contributed by atoms with Crippen molar-refractivity contribution >= 4 is 5.69 Å². The summed E-state index contributed by atoms with van der Waals surface area (Å²) in [6, 6.07) is 10.1. The maximum Gasteiger partial charge on any atom is 0.258 e. The summed E-state index contributed by atoms with van der Waals surface area (Å²) in [5.74, 6) is -0.697. The summed E-state index contributed by atoms with van der Waals surface area (Å²) in [7, 11) is 0. The molecule has 0 saturated carbocycles. The first-order chi connectivity index (χ1) is 9.65. The molecule has 0 spiro atoms. The van der Waals surface area contributed by atoms with E-state index in [2.05, 4.69) is 10.1 Å². The minimum absolute atomic E-state index is 0.0202. The number of aromatic nitrogens is 2. The lowest BCUT2D eigenvalue weighted by Crippen LogP contribution is -1.91. The minimum Gasteiger partial charge on any atom is -0.396 e. The van der Waals surface area contributed by atoms with Crippen LogP contribution in [-0.2, 0) is 0 Å². The van der Waals surface area contributed by atoms with E-state index >= 15 is 0 Å². The molecule has 3 rings (SSSR count). The topological polar surface area (TPSA) is 64.9 Å². The van der Waals surface area contributed by atoms with E-state index in [0.29, 0.717) is 5.56 Å². The molecule has 3 aromatic rings. The first kappa shape index (κ1) is 12.3. The fraction of sp³-hybridized carbons (Fsp3) is 0. The Labute approximate surface area is 112 Å². The Morgan fingerprint density at radius 2 is 1.80 bits per heavy atom. The van der Waals surface area contributed by atoms with Gasteiger partial charge in [-0.3, -0.25) is 0 Å². The molecule has 0 atom stereocenters. The van der Waals surface area contributed by atoms with Gasteiger partial charge in [0.2, 0.25) is 5.82 Å². The molecule has 0 fully saturated rings. The Morgan fingerprint density at radius 1 is 1.00 bits per heavy atom. The zero-order chi connectivity index (χ0) is 14.1. The average molecular weight is 273 g/mol. The van der Waals surface area contributed by atoms with E-state index in [-0.39, 0.29) is 23.0 Å². The summed E-state index contributed by atoms with van der Waals surface area (Å²) in [4.78, 5) is 4.09. The Hall–Kier alpha value is -2.76. The largest absolute Gasteiger partial charge is 0.396 e. The van der Waals surface area contributed by atoms with Gasteiger partial charge >= 0.3 is 0 Å². The van der Waals surface area contributed by atoms with Crippen LogP contribution in [0.25, 0.3) is 22.8 Å². The van der Waals surface area contributed by atoms with Crippen LogP contribution in [0.3, 0.4) is 0 Å². The number of nitrogens with two attached hydrogens (primary N) is 1. The lowest BCUT2D eigenvalue weighted by Gasteiger charge is -1.98. The number of benzene rings is 2. The van der Waals surface area contributed by atoms with Gasteiger partial charge in [0, 0.05) is 5.56 Å². The van der Waals surface area contributed by atoms with Crippen LogP contribution < -0.4 is 5.73 Å². The predicted octanol–water partition coefficient (Wildman–Crippen LogP) is 3.26. The summed E-state index contributed by atoms with van der Waals surface area (Å²) in [5, 5.41) is 3.72. The number of halogens is 2. The van der Waals surface area contributed by atoms with Crippen LogP contribution in [0.4, 0.5) is 14.5 Å². The highest BCUT2D eigenvalue weighted by Crippen LogP contribution is 2.25. The normalized spacial score (nSPS) is 10.7. The maximum absolute atomic E-state index is 13.6. The zero-order valence-electron chi connectivity index (χ0n) is 10.2. The third kappa shape index (κ3) is 2.11. The van der Waals surface area contributed by atoms with Crippen LogP contribution in [0, 0.1) is 11.6 Å². The van der Waals surface area contributed by atoms with Crippen LogP contribution in [0.1, 0.15) is 0 Å². The van der Waals surface area contributed by atoms with Crippen LogP contribution >= 0.6 is 0 Å². The third-order valence-corrected chi connectivity index (χ3v) is 2.78. The van der Waals surface area contributed by atoms with Gasteiger partial charge in [-0.05, 0) is 30.3 Å². The van der Waals surface area contributed by atoms with Crippen LogP contribution in [0.2, 0.25) is 0 Å². The molecule has 0 aliphatic carbocycles. The standard InChI is InChI=1S/C14H9F2N3O/c15-10-4-2-1-3-9(10)13-18-14(20-19-13)8-5-6-11(16)12(17)7-8/h1-7H,17H2. The first-order valence-electron chi connectivity index (χ1n) is 5.79. The van der Waals surface area contributed by atoms with Gasteiger partial charge in [-0.25, -0.2) is 8.78 Å². The number of anilines is 1. The van der Waals surface area contributed by atoms with E-state index in [4.69, 9.17) is 10.3 Å². The molecule has 1 heterocycles. The smallest absolute Gasteiger partial charge is 0.258 e. The van der Waals surface area contributed by atoms with Crippen molar-refractivity contribution in [3.63, 3.8) is 0 Å². The molecular formula is C14H9F2N3O. The predicted molar refractivity (Wildman–Crippen MR) is 69.5 cm³/mol. The molecule has 1 aromatic heterocycles. The van der Waals surface area contributed by atoms with Crippen molar-refractivity contribution in [3.8, 4) is 22.8 Å². The van der Waals surface area contributed by atoms with Crippen LogP contribution in [0.15, 0.2) is 47.0 Å². The quantitative estimate of drug-likeness (QED) is 0.728. The van der Waals surface area contributed by atoms with Crippen molar-refractivity contribution in [2.75, 3.05) is 5.73 Å². The van der Waals surface area contributed by atoms with Gasteiger partial charge in [-0.1, -0.05) is 17.3 Å². The second-order valence-corrected chi connectivity index (χ2v) is 4.14. The molecule has 0 radical (unpaired) electrons. The van der Waals surface area contributed by atoms with E-state index in [9.17, 15) is 8.78 Å². The number of hydrogen-bond donors (Lipinski definition) is 1. The van der Waals surface area contributed by atoms with Gasteiger partial charge in [0.15, 0.2) is 0 Å². The first-order valence-corrected chi connectivity index (χ1v) is 5.79. The van der Waals surface area contributed by atoms with Gasteiger partial charge < -0.3 is 10.3 Å². The Balaban J connectivity index is 2.02. The summed E-state index contributed by atoms with van der Waals surface area (Å²) in [5.41, 5.74) is 6.16. The van der Waals surface area contributed by atoms with Crippen molar-refractivity contribution in [1.82, 2.24) is 10.1 Å². The van der Waals surface area contributed by atoms with Crippen LogP contribution in [0.5, 0.6) is 0 Å². The molecule has 2 N–H and O–H groups in total. The fourth-order valence-corrected chi connectivity index (χ4v) is 1.77. The number of nitrogens with zero attached hydrogens (tertiary/aromatic N) is 2. The Bertz CT molecular complexity index is 771. The molecule has 0 amide bonds. The molecule has 0 aliphatic heterocycles. The van der Waals surface area contributed by atoms with E-state index in [0.717, 1.165) is 0 Å². The molecule has 20 heavy (non-hydrogen) atoms. The monoisotopic (exact) mass is 273 g/mol. The molecular weight excluding hydrogens is 264 g/mol. The van der Waals surface area contributed by atoms with Gasteiger partial charge in [0.25, 0.3) is 5.89 Å². The fourth-order valence-electron chi connectivity index (χ4n) is 1.77. The van der Waals surface area contributed by atoms with Gasteiger partial charge in [0.1, 0.15) is 11.6 Å². The van der Waals surface area contributed by atoms with E-state index in [1.165, 1.54) is 24.3 Å². The average Bonchev–Trinajstić information content (AvgIpc) is 2.92. The molecule has 0 saturated heterocycles. The van der Waals surface area contributed by atoms with E-state index in [1.54, 1.807) is 18.2 Å². The van der Waals surface area contributed by atoms with Crippen molar-refractivity contribution in [3.05, 3.63) is 54.1 Å². The van der Waals surface area contributed by atoms with Crippen molar-refractivity contribution in [1.29, 1.82) is 0 Å². The second kappa shape index (κ2) is 4.73. The summed E-state index contributed by atoms with van der Waals surface area (Å²) < 4.78 is 31.8. The molecule has 0 aliphatic rings. The summed E-state index contributed by atoms with van der Waals surface area (Å²) in [6.07, 6.45) is 0. The lowest BCUT2D eigenvalue weighted by molar-refractivity contribution is 0.432. The minimum atomic E-state index is -0.525. The lowest BCUT2D eigenvalue weighted by atomic mass is 10.2. The van der Waals surface area contributed by atoms with Gasteiger partial charge in [0.05, 0.1) is 11.3 Å². The van der Waals surface area contributed by atoms with Crippen LogP contribution in [-0.4, -0.2) is 10.1 Å². The van der Waals surface area contributed by atoms with Crippen molar-refractivity contribution < 1.29 is 13.3 Å². The highest BCUT2D eigenvalue weighted by molar-refractivity contribution is 5.63. The molecule has 0 bridgehead atoms. The number of nitrogen functional groups attached to an aromatic ring is 1. The Morgan fingerprint density at radius 3 is 2.55 bits per heavy atom. The highest BCUT2D eigenvalue weighted by atomic mass is 19.1. The van der Waals surface area contributed by atoms with Gasteiger partial charge in [-0.15, -0.1) is 0 Å². The molecule has 100 valence electrons. The number of rotatable bonds is 2. The Kier molecular flexibility index (Phi) is 2.90. The molecule has 0 unspecified atom stereocenters. The van der Waals surface area contributed by atoms with Gasteiger partial charge in [-0.2, -0.15) is 4.98 Å². The van der Waals surface area contributed by atoms with Crippen molar-refractivity contribution in [2.24, 2.45) is 0 Å². The second-order valence-electron chi connectivity index (χ2n) is 4.14. The molecule has 6 heteroatoms. The summed E-state index contributed by atoms with van der Waals surface area (Å²) in [6.45, 7) is 0. The summed E-state index contributed by atoms with van der Waals surface area (Å²) >= 11 is 0. The highest BCUT2D eigenvalue weighted by Gasteiger charge is 2.14. The third-order valence-electron chi connectivity index (χ3n) is 2.78. The maximum atomic E-state index is 13.6. The van der Waals surface area contributed by atoms with E-state index in [1.807, 2.05) is 0 Å². The molecule has 2 aromatic carbocycles.